The number of anilines is 1. The van der Waals surface area contributed by atoms with Crippen molar-refractivity contribution in [2.24, 2.45) is 0 Å². The zero-order chi connectivity index (χ0) is 25.9. The lowest BCUT2D eigenvalue weighted by atomic mass is 9.82. The van der Waals surface area contributed by atoms with Gasteiger partial charge in [-0.05, 0) is 50.1 Å². The summed E-state index contributed by atoms with van der Waals surface area (Å²) in [7, 11) is 1.55. The molecule has 2 amide bonds. The number of methoxy groups -OCH3 is 1. The zero-order valence-electron chi connectivity index (χ0n) is 21.0. The minimum absolute atomic E-state index is 0.125. The molecule has 36 heavy (non-hydrogen) atoms. The Morgan fingerprint density at radius 3 is 2.36 bits per heavy atom. The summed E-state index contributed by atoms with van der Waals surface area (Å²) in [6.45, 7) is 5.31. The van der Waals surface area contributed by atoms with Crippen molar-refractivity contribution in [3.8, 4) is 5.75 Å². The molecule has 2 aromatic rings. The number of unbranched alkanes of at least 4 members (excludes halogenated alkanes) is 1. The van der Waals surface area contributed by atoms with Crippen molar-refractivity contribution in [3.63, 3.8) is 0 Å². The second-order valence-electron chi connectivity index (χ2n) is 8.85. The first-order valence-electron chi connectivity index (χ1n) is 12.4. The fraction of sp³-hybridized carbons (Fsp3) is 0.393. The molecular formula is C28H32N2O6. The van der Waals surface area contributed by atoms with Gasteiger partial charge in [-0.1, -0.05) is 31.5 Å². The number of ketones is 1. The molecule has 1 saturated heterocycles. The number of Topliss-reactive ketones (excluding diaryl/α,β-unsaturated/α-hetero) is 1. The number of nitrogens with zero attached hydrogens (tertiary/aromatic N) is 2. The predicted octanol–water partition coefficient (Wildman–Crippen LogP) is 3.84. The number of para-hydroxylation sites is 1. The van der Waals surface area contributed by atoms with Gasteiger partial charge in [0.1, 0.15) is 11.5 Å². The van der Waals surface area contributed by atoms with E-state index in [1.165, 1.54) is 4.90 Å². The fourth-order valence-electron chi connectivity index (χ4n) is 5.09. The Morgan fingerprint density at radius 1 is 0.972 bits per heavy atom. The van der Waals surface area contributed by atoms with Crippen molar-refractivity contribution >= 4 is 29.0 Å². The van der Waals surface area contributed by atoms with Gasteiger partial charge in [-0.2, -0.15) is 0 Å². The van der Waals surface area contributed by atoms with Crippen LogP contribution in [0.25, 0.3) is 5.76 Å². The Labute approximate surface area is 211 Å². The van der Waals surface area contributed by atoms with Crippen molar-refractivity contribution < 1.29 is 29.0 Å². The van der Waals surface area contributed by atoms with Crippen LogP contribution in [0.4, 0.5) is 5.69 Å². The first-order chi connectivity index (χ1) is 17.4. The van der Waals surface area contributed by atoms with Crippen LogP contribution in [0, 0.1) is 0 Å². The number of carbonyl (C=O) groups is 3. The zero-order valence-corrected chi connectivity index (χ0v) is 21.0. The number of benzene rings is 2. The van der Waals surface area contributed by atoms with Crippen LogP contribution < -0.4 is 9.64 Å². The monoisotopic (exact) mass is 492 g/mol. The molecule has 2 aromatic carbocycles. The van der Waals surface area contributed by atoms with Crippen molar-refractivity contribution in [2.45, 2.75) is 38.6 Å². The average Bonchev–Trinajstić information content (AvgIpc) is 3.26. The molecule has 4 rings (SSSR count). The number of amides is 2. The molecule has 8 heteroatoms. The van der Waals surface area contributed by atoms with E-state index in [-0.39, 0.29) is 17.9 Å². The van der Waals surface area contributed by atoms with Crippen molar-refractivity contribution in [1.82, 2.24) is 4.90 Å². The van der Waals surface area contributed by atoms with Gasteiger partial charge in [-0.3, -0.25) is 14.4 Å². The number of likely N-dealkylation sites (tertiary alicyclic amines) is 1. The van der Waals surface area contributed by atoms with Gasteiger partial charge < -0.3 is 24.4 Å². The lowest BCUT2D eigenvalue weighted by Gasteiger charge is -2.34. The van der Waals surface area contributed by atoms with E-state index in [9.17, 15) is 19.5 Å². The van der Waals surface area contributed by atoms with Crippen molar-refractivity contribution in [3.05, 3.63) is 65.2 Å². The summed E-state index contributed by atoms with van der Waals surface area (Å²) < 4.78 is 10.7. The van der Waals surface area contributed by atoms with Gasteiger partial charge in [0.25, 0.3) is 17.6 Å². The first-order valence-corrected chi connectivity index (χ1v) is 12.4. The summed E-state index contributed by atoms with van der Waals surface area (Å²) in [6.07, 6.45) is 2.05. The molecule has 0 saturated carbocycles. The summed E-state index contributed by atoms with van der Waals surface area (Å²) in [6, 6.07) is 13.8. The molecule has 2 aliphatic rings. The molecule has 2 aliphatic heterocycles. The van der Waals surface area contributed by atoms with Gasteiger partial charge in [0.15, 0.2) is 5.54 Å². The molecule has 1 unspecified atom stereocenters. The van der Waals surface area contributed by atoms with E-state index < -0.39 is 23.1 Å². The van der Waals surface area contributed by atoms with Crippen LogP contribution in [-0.4, -0.2) is 61.0 Å². The molecule has 1 fully saturated rings. The quantitative estimate of drug-likeness (QED) is 0.234. The number of fused-ring (bicyclic) bond motifs is 2. The average molecular weight is 493 g/mol. The SMILES string of the molecule is CCCCN1C(=O)C2(/C(=C(\O)c3ccc(OCC)cc3)C(=O)C(=O)N2CCCOC)c2ccccc21. The van der Waals surface area contributed by atoms with Crippen LogP contribution in [0.5, 0.6) is 5.75 Å². The summed E-state index contributed by atoms with van der Waals surface area (Å²) in [5, 5.41) is 11.5. The van der Waals surface area contributed by atoms with E-state index in [2.05, 4.69) is 0 Å². The predicted molar refractivity (Wildman–Crippen MR) is 136 cm³/mol. The third kappa shape index (κ3) is 3.95. The molecule has 1 N–H and O–H groups in total. The Bertz CT molecular complexity index is 1190. The Morgan fingerprint density at radius 2 is 1.69 bits per heavy atom. The van der Waals surface area contributed by atoms with E-state index in [0.29, 0.717) is 48.7 Å². The molecule has 0 aromatic heterocycles. The highest BCUT2D eigenvalue weighted by Crippen LogP contribution is 2.53. The van der Waals surface area contributed by atoms with E-state index in [0.717, 1.165) is 12.8 Å². The minimum Gasteiger partial charge on any atom is -0.507 e. The van der Waals surface area contributed by atoms with Crippen LogP contribution in [0.15, 0.2) is 54.1 Å². The highest BCUT2D eigenvalue weighted by atomic mass is 16.5. The summed E-state index contributed by atoms with van der Waals surface area (Å²) >= 11 is 0. The van der Waals surface area contributed by atoms with Crippen LogP contribution in [-0.2, 0) is 24.7 Å². The second-order valence-corrected chi connectivity index (χ2v) is 8.85. The van der Waals surface area contributed by atoms with Gasteiger partial charge in [-0.25, -0.2) is 0 Å². The molecule has 1 atom stereocenters. The fourth-order valence-corrected chi connectivity index (χ4v) is 5.09. The van der Waals surface area contributed by atoms with E-state index >= 15 is 0 Å². The topological polar surface area (TPSA) is 96.4 Å². The number of ether oxygens (including phenoxy) is 2. The molecule has 8 nitrogen and oxygen atoms in total. The Hall–Kier alpha value is -3.65. The number of rotatable bonds is 10. The number of hydrogen-bond acceptors (Lipinski definition) is 6. The molecule has 190 valence electrons. The molecule has 0 bridgehead atoms. The van der Waals surface area contributed by atoms with E-state index in [4.69, 9.17) is 9.47 Å². The second kappa shape index (κ2) is 10.5. The molecule has 0 aliphatic carbocycles. The van der Waals surface area contributed by atoms with E-state index in [1.807, 2.05) is 26.0 Å². The van der Waals surface area contributed by atoms with Crippen molar-refractivity contribution in [1.29, 1.82) is 0 Å². The van der Waals surface area contributed by atoms with Crippen LogP contribution >= 0.6 is 0 Å². The maximum absolute atomic E-state index is 14.3. The minimum atomic E-state index is -1.74. The molecule has 2 heterocycles. The highest BCUT2D eigenvalue weighted by molar-refractivity contribution is 6.50. The third-order valence-electron chi connectivity index (χ3n) is 6.71. The Kier molecular flexibility index (Phi) is 7.45. The normalized spacial score (nSPS) is 20.5. The van der Waals surface area contributed by atoms with Crippen LogP contribution in [0.1, 0.15) is 44.2 Å². The number of aliphatic hydroxyl groups excluding tert-OH is 1. The smallest absolute Gasteiger partial charge is 0.296 e. The molecule has 1 spiro atoms. The van der Waals surface area contributed by atoms with Gasteiger partial charge in [0.2, 0.25) is 0 Å². The van der Waals surface area contributed by atoms with Gasteiger partial charge >= 0.3 is 0 Å². The number of aliphatic hydroxyl groups is 1. The maximum atomic E-state index is 14.3. The van der Waals surface area contributed by atoms with Gasteiger partial charge in [0, 0.05) is 37.9 Å². The van der Waals surface area contributed by atoms with Crippen LogP contribution in [0.2, 0.25) is 0 Å². The molecular weight excluding hydrogens is 460 g/mol. The maximum Gasteiger partial charge on any atom is 0.296 e. The van der Waals surface area contributed by atoms with Crippen LogP contribution in [0.3, 0.4) is 0 Å². The third-order valence-corrected chi connectivity index (χ3v) is 6.71. The Balaban J connectivity index is 1.95. The number of hydrogen-bond donors (Lipinski definition) is 1. The highest BCUT2D eigenvalue weighted by Gasteiger charge is 2.66. The lowest BCUT2D eigenvalue weighted by molar-refractivity contribution is -0.143. The lowest BCUT2D eigenvalue weighted by Crippen LogP contribution is -2.52. The van der Waals surface area contributed by atoms with Crippen molar-refractivity contribution in [2.75, 3.05) is 38.3 Å². The first kappa shape index (κ1) is 25.4. The standard InChI is InChI=1S/C28H32N2O6/c1-4-6-16-29-22-11-8-7-10-21(22)28(27(29)34)23(25(32)26(33)30(28)17-9-18-35-3)24(31)19-12-14-20(15-13-19)36-5-2/h7-8,10-15,31H,4-6,9,16-18H2,1-3H3/b24-23-. The summed E-state index contributed by atoms with van der Waals surface area (Å²) in [4.78, 5) is 44.2. The van der Waals surface area contributed by atoms with Gasteiger partial charge in [0.05, 0.1) is 17.9 Å². The van der Waals surface area contributed by atoms with Gasteiger partial charge in [-0.15, -0.1) is 0 Å². The number of carbonyl (C=O) groups excluding carboxylic acids is 3. The summed E-state index contributed by atoms with van der Waals surface area (Å²) in [5.41, 5.74) is -0.451. The molecule has 0 radical (unpaired) electrons. The van der Waals surface area contributed by atoms with E-state index in [1.54, 1.807) is 48.4 Å². The summed E-state index contributed by atoms with van der Waals surface area (Å²) in [5.74, 6) is -1.86. The largest absolute Gasteiger partial charge is 0.507 e.